The molecular formula is C19H22OSi. The van der Waals surface area contributed by atoms with Crippen LogP contribution in [0.1, 0.15) is 22.8 Å². The lowest BCUT2D eigenvalue weighted by Crippen LogP contribution is -2.41. The molecule has 0 saturated heterocycles. The predicted octanol–water partition coefficient (Wildman–Crippen LogP) is 4.52. The third kappa shape index (κ3) is 3.59. The number of carbonyl (C=O) groups is 1. The molecule has 0 unspecified atom stereocenters. The zero-order valence-corrected chi connectivity index (χ0v) is 14.0. The molecule has 0 radical (unpaired) electrons. The molecule has 2 rings (SSSR count). The summed E-state index contributed by atoms with van der Waals surface area (Å²) in [6.45, 7) is 10.6. The van der Waals surface area contributed by atoms with Gasteiger partial charge in [0.15, 0.2) is 5.78 Å². The van der Waals surface area contributed by atoms with Crippen LogP contribution in [-0.4, -0.2) is 13.9 Å². The first-order valence-electron chi connectivity index (χ1n) is 7.25. The van der Waals surface area contributed by atoms with Gasteiger partial charge in [-0.1, -0.05) is 79.5 Å². The summed E-state index contributed by atoms with van der Waals surface area (Å²) in [7, 11) is -1.59. The second kappa shape index (κ2) is 6.23. The highest BCUT2D eigenvalue weighted by Crippen LogP contribution is 2.26. The Balaban J connectivity index is 2.28. The van der Waals surface area contributed by atoms with Crippen LogP contribution in [-0.2, 0) is 0 Å². The molecule has 0 spiro atoms. The summed E-state index contributed by atoms with van der Waals surface area (Å²) < 4.78 is 0. The Morgan fingerprint density at radius 2 is 1.48 bits per heavy atom. The van der Waals surface area contributed by atoms with E-state index in [-0.39, 0.29) is 5.78 Å². The van der Waals surface area contributed by atoms with Gasteiger partial charge in [0, 0.05) is 5.56 Å². The van der Waals surface area contributed by atoms with E-state index in [1.165, 1.54) is 5.19 Å². The van der Waals surface area contributed by atoms with Crippen LogP contribution in [0.5, 0.6) is 0 Å². The molecule has 0 aromatic heterocycles. The zero-order valence-electron chi connectivity index (χ0n) is 13.0. The number of benzene rings is 2. The van der Waals surface area contributed by atoms with Gasteiger partial charge in [-0.2, -0.15) is 0 Å². The number of allylic oxidation sites excluding steroid dienone is 1. The topological polar surface area (TPSA) is 17.1 Å². The van der Waals surface area contributed by atoms with Gasteiger partial charge in [-0.25, -0.2) is 0 Å². The van der Waals surface area contributed by atoms with Crippen molar-refractivity contribution in [3.63, 3.8) is 0 Å². The van der Waals surface area contributed by atoms with Crippen molar-refractivity contribution in [1.29, 1.82) is 0 Å². The summed E-state index contributed by atoms with van der Waals surface area (Å²) >= 11 is 0. The van der Waals surface area contributed by atoms with Gasteiger partial charge in [0.1, 0.15) is 0 Å². The van der Waals surface area contributed by atoms with E-state index in [4.69, 9.17) is 0 Å². The highest BCUT2D eigenvalue weighted by molar-refractivity contribution is 6.91. The summed E-state index contributed by atoms with van der Waals surface area (Å²) in [5.74, 6) is 0.103. The van der Waals surface area contributed by atoms with Crippen LogP contribution >= 0.6 is 0 Å². The molecule has 21 heavy (non-hydrogen) atoms. The lowest BCUT2D eigenvalue weighted by molar-refractivity contribution is 0.101. The SMILES string of the molecule is C=C(C[Si](C)(C)c1ccccc1)c1ccccc1C(C)=O. The monoisotopic (exact) mass is 294 g/mol. The number of hydrogen-bond acceptors (Lipinski definition) is 1. The fourth-order valence-corrected chi connectivity index (χ4v) is 5.27. The first-order valence-corrected chi connectivity index (χ1v) is 10.5. The number of ketones is 1. The molecule has 0 heterocycles. The standard InChI is InChI=1S/C19H22OSi/c1-15(18-12-8-9-13-19(18)16(2)20)14-21(3,4)17-10-6-5-7-11-17/h5-13H,1,14H2,2-4H3. The van der Waals surface area contributed by atoms with E-state index in [0.29, 0.717) is 0 Å². The van der Waals surface area contributed by atoms with Gasteiger partial charge in [0.2, 0.25) is 0 Å². The molecule has 0 aliphatic carbocycles. The highest BCUT2D eigenvalue weighted by Gasteiger charge is 2.25. The molecule has 108 valence electrons. The Labute approximate surface area is 128 Å². The Hall–Kier alpha value is -1.93. The van der Waals surface area contributed by atoms with Crippen molar-refractivity contribution >= 4 is 24.6 Å². The quantitative estimate of drug-likeness (QED) is 0.585. The molecule has 2 heteroatoms. The Morgan fingerprint density at radius 1 is 0.952 bits per heavy atom. The summed E-state index contributed by atoms with van der Waals surface area (Å²) in [5.41, 5.74) is 2.85. The second-order valence-electron chi connectivity index (χ2n) is 6.13. The van der Waals surface area contributed by atoms with Crippen LogP contribution in [0, 0.1) is 0 Å². The largest absolute Gasteiger partial charge is 0.294 e. The number of carbonyl (C=O) groups excluding carboxylic acids is 1. The minimum atomic E-state index is -1.59. The van der Waals surface area contributed by atoms with Crippen LogP contribution in [0.25, 0.3) is 5.57 Å². The Morgan fingerprint density at radius 3 is 2.05 bits per heavy atom. The highest BCUT2D eigenvalue weighted by atomic mass is 28.3. The van der Waals surface area contributed by atoms with E-state index in [0.717, 1.165) is 22.7 Å². The molecule has 0 aliphatic rings. The van der Waals surface area contributed by atoms with Gasteiger partial charge >= 0.3 is 0 Å². The van der Waals surface area contributed by atoms with E-state index in [2.05, 4.69) is 43.9 Å². The van der Waals surface area contributed by atoms with E-state index >= 15 is 0 Å². The van der Waals surface area contributed by atoms with Crippen LogP contribution in [0.15, 0.2) is 61.2 Å². The minimum Gasteiger partial charge on any atom is -0.294 e. The molecule has 0 amide bonds. The predicted molar refractivity (Wildman–Crippen MR) is 93.8 cm³/mol. The number of Topliss-reactive ketones (excluding diaryl/α,β-unsaturated/α-hetero) is 1. The average Bonchev–Trinajstić information content (AvgIpc) is 2.47. The normalized spacial score (nSPS) is 11.2. The van der Waals surface area contributed by atoms with Gasteiger partial charge in [0.05, 0.1) is 8.07 Å². The average molecular weight is 294 g/mol. The molecule has 0 atom stereocenters. The van der Waals surface area contributed by atoms with Crippen molar-refractivity contribution in [2.75, 3.05) is 0 Å². The molecule has 2 aromatic rings. The van der Waals surface area contributed by atoms with Crippen molar-refractivity contribution in [2.24, 2.45) is 0 Å². The maximum Gasteiger partial charge on any atom is 0.160 e. The zero-order chi connectivity index (χ0) is 15.5. The van der Waals surface area contributed by atoms with Gasteiger partial charge in [-0.15, -0.1) is 0 Å². The molecule has 0 bridgehead atoms. The molecule has 2 aromatic carbocycles. The molecule has 0 N–H and O–H groups in total. The third-order valence-electron chi connectivity index (χ3n) is 3.90. The van der Waals surface area contributed by atoms with Crippen LogP contribution in [0.3, 0.4) is 0 Å². The second-order valence-corrected chi connectivity index (χ2v) is 10.8. The molecule has 0 fully saturated rings. The maximum absolute atomic E-state index is 11.8. The van der Waals surface area contributed by atoms with Crippen LogP contribution in [0.2, 0.25) is 19.1 Å². The molecule has 1 nitrogen and oxygen atoms in total. The smallest absolute Gasteiger partial charge is 0.160 e. The Kier molecular flexibility index (Phi) is 4.58. The first kappa shape index (κ1) is 15.5. The van der Waals surface area contributed by atoms with Crippen LogP contribution < -0.4 is 5.19 Å². The number of hydrogen-bond donors (Lipinski definition) is 0. The van der Waals surface area contributed by atoms with E-state index < -0.39 is 8.07 Å². The molecule has 0 saturated carbocycles. The summed E-state index contributed by atoms with van der Waals surface area (Å²) in [6, 6.07) is 19.4. The maximum atomic E-state index is 11.8. The summed E-state index contributed by atoms with van der Waals surface area (Å²) in [4.78, 5) is 11.8. The van der Waals surface area contributed by atoms with E-state index in [9.17, 15) is 4.79 Å². The number of rotatable bonds is 5. The first-order chi connectivity index (χ1) is 9.92. The van der Waals surface area contributed by atoms with Gasteiger partial charge in [-0.05, 0) is 24.1 Å². The third-order valence-corrected chi connectivity index (χ3v) is 7.10. The van der Waals surface area contributed by atoms with E-state index in [1.54, 1.807) is 6.92 Å². The lowest BCUT2D eigenvalue weighted by Gasteiger charge is -2.25. The minimum absolute atomic E-state index is 0.103. The summed E-state index contributed by atoms with van der Waals surface area (Å²) in [6.07, 6.45) is 0. The molecule has 0 aliphatic heterocycles. The van der Waals surface area contributed by atoms with Crippen molar-refractivity contribution in [2.45, 2.75) is 26.1 Å². The molecular weight excluding hydrogens is 272 g/mol. The fourth-order valence-electron chi connectivity index (χ4n) is 2.72. The van der Waals surface area contributed by atoms with Crippen molar-refractivity contribution in [1.82, 2.24) is 0 Å². The van der Waals surface area contributed by atoms with E-state index in [1.807, 2.05) is 30.3 Å². The van der Waals surface area contributed by atoms with Crippen molar-refractivity contribution in [3.8, 4) is 0 Å². The van der Waals surface area contributed by atoms with Gasteiger partial charge < -0.3 is 0 Å². The lowest BCUT2D eigenvalue weighted by atomic mass is 9.99. The van der Waals surface area contributed by atoms with Gasteiger partial charge in [0.25, 0.3) is 0 Å². The fraction of sp³-hybridized carbons (Fsp3) is 0.211. The van der Waals surface area contributed by atoms with Crippen LogP contribution in [0.4, 0.5) is 0 Å². The Bertz CT molecular complexity index is 656. The summed E-state index contributed by atoms with van der Waals surface area (Å²) in [5, 5.41) is 1.42. The van der Waals surface area contributed by atoms with Crippen molar-refractivity contribution in [3.05, 3.63) is 72.3 Å². The van der Waals surface area contributed by atoms with Crippen molar-refractivity contribution < 1.29 is 4.79 Å². The van der Waals surface area contributed by atoms with Gasteiger partial charge in [-0.3, -0.25) is 4.79 Å².